The molecule has 0 spiro atoms. The molecule has 0 radical (unpaired) electrons. The quantitative estimate of drug-likeness (QED) is 0.840. The van der Waals surface area contributed by atoms with Crippen LogP contribution < -0.4 is 15.4 Å². The molecule has 0 saturated carbocycles. The maximum Gasteiger partial charge on any atom is 0.225 e. The number of ether oxygens (including phenoxy) is 1. The predicted octanol–water partition coefficient (Wildman–Crippen LogP) is 1.55. The summed E-state index contributed by atoms with van der Waals surface area (Å²) in [6.45, 7) is 6.49. The Labute approximate surface area is 96.6 Å². The van der Waals surface area contributed by atoms with Gasteiger partial charge in [0, 0.05) is 19.2 Å². The first-order valence-corrected chi connectivity index (χ1v) is 5.37. The number of anilines is 2. The highest BCUT2D eigenvalue weighted by Crippen LogP contribution is 2.21. The molecule has 1 atom stereocenters. The van der Waals surface area contributed by atoms with Gasteiger partial charge in [0.1, 0.15) is 5.82 Å². The normalized spacial score (nSPS) is 12.6. The van der Waals surface area contributed by atoms with E-state index >= 15 is 0 Å². The van der Waals surface area contributed by atoms with E-state index in [2.05, 4.69) is 35.6 Å². The molecule has 0 saturated heterocycles. The van der Waals surface area contributed by atoms with Gasteiger partial charge >= 0.3 is 0 Å². The van der Waals surface area contributed by atoms with Crippen LogP contribution in [-0.4, -0.2) is 30.2 Å². The summed E-state index contributed by atoms with van der Waals surface area (Å²) in [6, 6.07) is 2.16. The van der Waals surface area contributed by atoms with Crippen LogP contribution in [0.5, 0.6) is 5.88 Å². The van der Waals surface area contributed by atoms with Crippen molar-refractivity contribution in [3.8, 4) is 5.88 Å². The molecule has 2 N–H and O–H groups in total. The molecule has 5 heteroatoms. The van der Waals surface area contributed by atoms with Crippen molar-refractivity contribution in [2.75, 3.05) is 24.8 Å². The summed E-state index contributed by atoms with van der Waals surface area (Å²) < 4.78 is 5.07. The second-order valence-corrected chi connectivity index (χ2v) is 4.22. The van der Waals surface area contributed by atoms with E-state index in [0.717, 1.165) is 5.82 Å². The molecule has 16 heavy (non-hydrogen) atoms. The third-order valence-electron chi connectivity index (χ3n) is 2.85. The highest BCUT2D eigenvalue weighted by Gasteiger charge is 2.16. The van der Waals surface area contributed by atoms with Gasteiger partial charge < -0.3 is 15.4 Å². The first-order chi connectivity index (χ1) is 7.45. The van der Waals surface area contributed by atoms with Crippen molar-refractivity contribution in [3.05, 3.63) is 6.07 Å². The number of nitrogen functional groups attached to an aromatic ring is 1. The van der Waals surface area contributed by atoms with Gasteiger partial charge in [-0.15, -0.1) is 0 Å². The van der Waals surface area contributed by atoms with Crippen molar-refractivity contribution in [2.45, 2.75) is 26.8 Å². The van der Waals surface area contributed by atoms with Crippen molar-refractivity contribution in [1.29, 1.82) is 0 Å². The van der Waals surface area contributed by atoms with Crippen molar-refractivity contribution in [3.63, 3.8) is 0 Å². The standard InChI is InChI=1S/C11H20N4O/c1-7(2)8(3)15(4)9-6-10(16-5)14-11(12)13-9/h6-8H,1-5H3,(H2,12,13,14). The number of hydrogen-bond donors (Lipinski definition) is 1. The Hall–Kier alpha value is -1.52. The molecule has 5 nitrogen and oxygen atoms in total. The Morgan fingerprint density at radius 2 is 1.94 bits per heavy atom. The molecule has 90 valence electrons. The maximum atomic E-state index is 5.62. The van der Waals surface area contributed by atoms with Crippen molar-refractivity contribution in [2.24, 2.45) is 5.92 Å². The van der Waals surface area contributed by atoms with Gasteiger partial charge in [0.15, 0.2) is 0 Å². The molecule has 1 aromatic rings. The van der Waals surface area contributed by atoms with Crippen LogP contribution in [0.1, 0.15) is 20.8 Å². The lowest BCUT2D eigenvalue weighted by atomic mass is 10.1. The van der Waals surface area contributed by atoms with Crippen molar-refractivity contribution in [1.82, 2.24) is 9.97 Å². The summed E-state index contributed by atoms with van der Waals surface area (Å²) in [4.78, 5) is 10.2. The topological polar surface area (TPSA) is 64.3 Å². The summed E-state index contributed by atoms with van der Waals surface area (Å²) in [5, 5.41) is 0. The van der Waals surface area contributed by atoms with Crippen LogP contribution >= 0.6 is 0 Å². The maximum absolute atomic E-state index is 5.62. The lowest BCUT2D eigenvalue weighted by Crippen LogP contribution is -2.33. The summed E-state index contributed by atoms with van der Waals surface area (Å²) >= 11 is 0. The SMILES string of the molecule is COc1cc(N(C)C(C)C(C)C)nc(N)n1. The molecule has 0 aliphatic carbocycles. The first-order valence-electron chi connectivity index (χ1n) is 5.37. The fourth-order valence-corrected chi connectivity index (χ4v) is 1.37. The van der Waals surface area contributed by atoms with E-state index in [9.17, 15) is 0 Å². The van der Waals surface area contributed by atoms with Crippen LogP contribution in [0.4, 0.5) is 11.8 Å². The van der Waals surface area contributed by atoms with Crippen LogP contribution in [0.15, 0.2) is 6.07 Å². The Kier molecular flexibility index (Phi) is 3.93. The third-order valence-corrected chi connectivity index (χ3v) is 2.85. The smallest absolute Gasteiger partial charge is 0.225 e. The number of rotatable bonds is 4. The fourth-order valence-electron chi connectivity index (χ4n) is 1.37. The van der Waals surface area contributed by atoms with Gasteiger partial charge in [0.05, 0.1) is 7.11 Å². The van der Waals surface area contributed by atoms with E-state index in [-0.39, 0.29) is 5.95 Å². The number of methoxy groups -OCH3 is 1. The monoisotopic (exact) mass is 224 g/mol. The van der Waals surface area contributed by atoms with Gasteiger partial charge in [-0.25, -0.2) is 0 Å². The van der Waals surface area contributed by atoms with Gasteiger partial charge in [-0.1, -0.05) is 13.8 Å². The number of hydrogen-bond acceptors (Lipinski definition) is 5. The highest BCUT2D eigenvalue weighted by atomic mass is 16.5. The Morgan fingerprint density at radius 1 is 1.31 bits per heavy atom. The second kappa shape index (κ2) is 5.01. The van der Waals surface area contributed by atoms with E-state index in [4.69, 9.17) is 10.5 Å². The molecular formula is C11H20N4O. The summed E-state index contributed by atoms with van der Waals surface area (Å²) in [5.74, 6) is 2.04. The summed E-state index contributed by atoms with van der Waals surface area (Å²) in [7, 11) is 3.56. The predicted molar refractivity (Wildman–Crippen MR) is 65.7 cm³/mol. The van der Waals surface area contributed by atoms with E-state index in [0.29, 0.717) is 17.8 Å². The molecule has 0 bridgehead atoms. The molecule has 1 rings (SSSR count). The van der Waals surface area contributed by atoms with Gasteiger partial charge in [-0.2, -0.15) is 9.97 Å². The van der Waals surface area contributed by atoms with E-state index in [1.165, 1.54) is 0 Å². The molecule has 1 aromatic heterocycles. The van der Waals surface area contributed by atoms with Crippen LogP contribution in [0.2, 0.25) is 0 Å². The zero-order valence-corrected chi connectivity index (χ0v) is 10.6. The average molecular weight is 224 g/mol. The summed E-state index contributed by atoms with van der Waals surface area (Å²) in [5.41, 5.74) is 5.62. The minimum Gasteiger partial charge on any atom is -0.481 e. The van der Waals surface area contributed by atoms with Gasteiger partial charge in [0.2, 0.25) is 11.8 Å². The molecule has 1 heterocycles. The molecule has 0 fully saturated rings. The van der Waals surface area contributed by atoms with E-state index in [1.807, 2.05) is 7.05 Å². The van der Waals surface area contributed by atoms with Gasteiger partial charge in [-0.3, -0.25) is 0 Å². The lowest BCUT2D eigenvalue weighted by Gasteiger charge is -2.29. The van der Waals surface area contributed by atoms with Crippen molar-refractivity contribution < 1.29 is 4.74 Å². The second-order valence-electron chi connectivity index (χ2n) is 4.22. The van der Waals surface area contributed by atoms with Crippen molar-refractivity contribution >= 4 is 11.8 Å². The van der Waals surface area contributed by atoms with Gasteiger partial charge in [0.25, 0.3) is 0 Å². The Balaban J connectivity index is 2.98. The average Bonchev–Trinajstić information content (AvgIpc) is 2.25. The van der Waals surface area contributed by atoms with Crippen LogP contribution in [-0.2, 0) is 0 Å². The van der Waals surface area contributed by atoms with Crippen LogP contribution in [0, 0.1) is 5.92 Å². The largest absolute Gasteiger partial charge is 0.481 e. The minimum absolute atomic E-state index is 0.233. The third kappa shape index (κ3) is 2.74. The van der Waals surface area contributed by atoms with E-state index in [1.54, 1.807) is 13.2 Å². The summed E-state index contributed by atoms with van der Waals surface area (Å²) in [6.07, 6.45) is 0. The number of aromatic nitrogens is 2. The minimum atomic E-state index is 0.233. The fraction of sp³-hybridized carbons (Fsp3) is 0.636. The van der Waals surface area contributed by atoms with Gasteiger partial charge in [-0.05, 0) is 12.8 Å². The lowest BCUT2D eigenvalue weighted by molar-refractivity contribution is 0.397. The molecule has 0 aliphatic heterocycles. The molecule has 1 unspecified atom stereocenters. The van der Waals surface area contributed by atoms with Crippen LogP contribution in [0.25, 0.3) is 0 Å². The molecule has 0 amide bonds. The highest BCUT2D eigenvalue weighted by molar-refractivity contribution is 5.45. The zero-order valence-electron chi connectivity index (χ0n) is 10.6. The Bertz CT molecular complexity index is 354. The van der Waals surface area contributed by atoms with Crippen LogP contribution in [0.3, 0.4) is 0 Å². The first kappa shape index (κ1) is 12.5. The van der Waals surface area contributed by atoms with E-state index < -0.39 is 0 Å². The number of nitrogens with two attached hydrogens (primary N) is 1. The number of nitrogens with zero attached hydrogens (tertiary/aromatic N) is 3. The zero-order chi connectivity index (χ0) is 12.3. The Morgan fingerprint density at radius 3 is 2.44 bits per heavy atom. The molecular weight excluding hydrogens is 204 g/mol. The molecule has 0 aliphatic rings. The molecule has 0 aromatic carbocycles.